The van der Waals surface area contributed by atoms with Crippen molar-refractivity contribution in [2.45, 2.75) is 13.5 Å². The van der Waals surface area contributed by atoms with E-state index in [1.165, 1.54) is 17.2 Å². The molecular formula is C23H24N2O4. The van der Waals surface area contributed by atoms with Crippen LogP contribution in [-0.2, 0) is 6.54 Å². The standard InChI is InChI=1S/C23H24N2O4/c1-16-3-5-17(6-4-16)15-24-9-11-25(12-10-24)23(27)22-14-20(26)19-8-7-18(28-2)13-21(19)29-22/h3-8,13-14H,9-12,15H2,1-2H3. The SMILES string of the molecule is COc1ccc2c(=O)cc(C(=O)N3CCN(Cc4ccc(C)cc4)CC3)oc2c1. The van der Waals surface area contributed by atoms with E-state index in [1.54, 1.807) is 30.2 Å². The minimum absolute atomic E-state index is 0.0720. The van der Waals surface area contributed by atoms with Gasteiger partial charge in [-0.15, -0.1) is 0 Å². The number of methoxy groups -OCH3 is 1. The van der Waals surface area contributed by atoms with Gasteiger partial charge in [0.25, 0.3) is 5.91 Å². The van der Waals surface area contributed by atoms with Crippen LogP contribution >= 0.6 is 0 Å². The van der Waals surface area contributed by atoms with Gasteiger partial charge in [-0.25, -0.2) is 0 Å². The Morgan fingerprint density at radius 3 is 2.45 bits per heavy atom. The summed E-state index contributed by atoms with van der Waals surface area (Å²) in [6.07, 6.45) is 0. The molecule has 150 valence electrons. The largest absolute Gasteiger partial charge is 0.497 e. The van der Waals surface area contributed by atoms with E-state index >= 15 is 0 Å². The summed E-state index contributed by atoms with van der Waals surface area (Å²) in [7, 11) is 1.55. The molecule has 0 atom stereocenters. The fraction of sp³-hybridized carbons (Fsp3) is 0.304. The number of nitrogens with zero attached hydrogens (tertiary/aromatic N) is 2. The molecule has 29 heavy (non-hydrogen) atoms. The Kier molecular flexibility index (Phi) is 5.36. The summed E-state index contributed by atoms with van der Waals surface area (Å²) in [5.74, 6) is 0.402. The van der Waals surface area contributed by atoms with Crippen molar-refractivity contribution in [2.75, 3.05) is 33.3 Å². The summed E-state index contributed by atoms with van der Waals surface area (Å²) in [6.45, 7) is 5.72. The van der Waals surface area contributed by atoms with Gasteiger partial charge in [-0.3, -0.25) is 14.5 Å². The van der Waals surface area contributed by atoms with E-state index in [1.807, 2.05) is 0 Å². The minimum atomic E-state index is -0.248. The van der Waals surface area contributed by atoms with E-state index in [-0.39, 0.29) is 17.1 Å². The average Bonchev–Trinajstić information content (AvgIpc) is 2.75. The van der Waals surface area contributed by atoms with Crippen LogP contribution in [-0.4, -0.2) is 49.0 Å². The van der Waals surface area contributed by atoms with Gasteiger partial charge >= 0.3 is 0 Å². The molecule has 0 unspecified atom stereocenters. The summed E-state index contributed by atoms with van der Waals surface area (Å²) < 4.78 is 10.9. The zero-order chi connectivity index (χ0) is 20.4. The van der Waals surface area contributed by atoms with Gasteiger partial charge in [0.05, 0.1) is 12.5 Å². The number of fused-ring (bicyclic) bond motifs is 1. The Bertz CT molecular complexity index is 1080. The average molecular weight is 392 g/mol. The number of rotatable bonds is 4. The van der Waals surface area contributed by atoms with Gasteiger partial charge < -0.3 is 14.1 Å². The van der Waals surface area contributed by atoms with Crippen LogP contribution in [0, 0.1) is 6.92 Å². The van der Waals surface area contributed by atoms with E-state index in [9.17, 15) is 9.59 Å². The van der Waals surface area contributed by atoms with Crippen molar-refractivity contribution >= 4 is 16.9 Å². The van der Waals surface area contributed by atoms with Crippen LogP contribution in [0.3, 0.4) is 0 Å². The minimum Gasteiger partial charge on any atom is -0.497 e. The quantitative estimate of drug-likeness (QED) is 0.683. The van der Waals surface area contributed by atoms with Crippen molar-refractivity contribution in [3.05, 3.63) is 75.6 Å². The highest BCUT2D eigenvalue weighted by atomic mass is 16.5. The first-order valence-electron chi connectivity index (χ1n) is 9.72. The molecule has 0 aliphatic carbocycles. The highest BCUT2D eigenvalue weighted by molar-refractivity contribution is 5.93. The monoisotopic (exact) mass is 392 g/mol. The fourth-order valence-corrected chi connectivity index (χ4v) is 3.58. The van der Waals surface area contributed by atoms with E-state index < -0.39 is 0 Å². The lowest BCUT2D eigenvalue weighted by Gasteiger charge is -2.34. The van der Waals surface area contributed by atoms with Gasteiger partial charge in [-0.05, 0) is 24.6 Å². The Hall–Kier alpha value is -3.12. The van der Waals surface area contributed by atoms with Crippen LogP contribution in [0.2, 0.25) is 0 Å². The third-order valence-corrected chi connectivity index (χ3v) is 5.33. The van der Waals surface area contributed by atoms with Crippen LogP contribution in [0.15, 0.2) is 57.7 Å². The molecule has 1 aromatic heterocycles. The molecule has 2 heterocycles. The predicted molar refractivity (Wildman–Crippen MR) is 111 cm³/mol. The number of carbonyl (C=O) groups excluding carboxylic acids is 1. The second-order valence-corrected chi connectivity index (χ2v) is 7.39. The third kappa shape index (κ3) is 4.17. The number of hydrogen-bond acceptors (Lipinski definition) is 5. The molecule has 0 N–H and O–H groups in total. The molecule has 0 bridgehead atoms. The second kappa shape index (κ2) is 8.09. The van der Waals surface area contributed by atoms with Gasteiger partial charge in [-0.1, -0.05) is 29.8 Å². The van der Waals surface area contributed by atoms with Crippen molar-refractivity contribution in [1.29, 1.82) is 0 Å². The van der Waals surface area contributed by atoms with Crippen LogP contribution in [0.4, 0.5) is 0 Å². The van der Waals surface area contributed by atoms with Gasteiger partial charge in [0.2, 0.25) is 0 Å². The van der Waals surface area contributed by atoms with Gasteiger partial charge in [0, 0.05) is 44.9 Å². The highest BCUT2D eigenvalue weighted by Gasteiger charge is 2.24. The first-order chi connectivity index (χ1) is 14.0. The zero-order valence-electron chi connectivity index (χ0n) is 16.7. The van der Waals surface area contributed by atoms with E-state index in [2.05, 4.69) is 36.1 Å². The number of carbonyl (C=O) groups is 1. The lowest BCUT2D eigenvalue weighted by molar-refractivity contribution is 0.0598. The molecule has 3 aromatic rings. The highest BCUT2D eigenvalue weighted by Crippen LogP contribution is 2.20. The van der Waals surface area contributed by atoms with Crippen molar-refractivity contribution < 1.29 is 13.9 Å². The van der Waals surface area contributed by atoms with Crippen LogP contribution < -0.4 is 10.2 Å². The second-order valence-electron chi connectivity index (χ2n) is 7.39. The molecule has 4 rings (SSSR count). The predicted octanol–water partition coefficient (Wildman–Crippen LogP) is 3.07. The first kappa shape index (κ1) is 19.2. The molecule has 1 saturated heterocycles. The zero-order valence-corrected chi connectivity index (χ0v) is 16.7. The number of ether oxygens (including phenoxy) is 1. The normalized spacial score (nSPS) is 14.9. The number of piperazine rings is 1. The Balaban J connectivity index is 1.45. The van der Waals surface area contributed by atoms with E-state index in [0.29, 0.717) is 29.8 Å². The molecule has 1 fully saturated rings. The summed E-state index contributed by atoms with van der Waals surface area (Å²) in [6, 6.07) is 14.8. The first-order valence-corrected chi connectivity index (χ1v) is 9.72. The molecular weight excluding hydrogens is 368 g/mol. The molecule has 0 saturated carbocycles. The van der Waals surface area contributed by atoms with Crippen LogP contribution in [0.25, 0.3) is 11.0 Å². The van der Waals surface area contributed by atoms with E-state index in [4.69, 9.17) is 9.15 Å². The molecule has 1 amide bonds. The summed E-state index contributed by atoms with van der Waals surface area (Å²) >= 11 is 0. The third-order valence-electron chi connectivity index (χ3n) is 5.33. The van der Waals surface area contributed by atoms with E-state index in [0.717, 1.165) is 19.6 Å². The molecule has 1 aliphatic heterocycles. The summed E-state index contributed by atoms with van der Waals surface area (Å²) in [5, 5.41) is 0.435. The van der Waals surface area contributed by atoms with Crippen LogP contribution in [0.1, 0.15) is 21.7 Å². The maximum atomic E-state index is 12.9. The molecule has 1 aliphatic rings. The summed E-state index contributed by atoms with van der Waals surface area (Å²) in [4.78, 5) is 29.4. The lowest BCUT2D eigenvalue weighted by atomic mass is 10.1. The number of amides is 1. The maximum absolute atomic E-state index is 12.9. The summed E-state index contributed by atoms with van der Waals surface area (Å²) in [5.41, 5.74) is 2.65. The molecule has 2 aromatic carbocycles. The van der Waals surface area contributed by atoms with Crippen molar-refractivity contribution in [3.63, 3.8) is 0 Å². The molecule has 6 heteroatoms. The topological polar surface area (TPSA) is 63.0 Å². The van der Waals surface area contributed by atoms with Crippen molar-refractivity contribution in [1.82, 2.24) is 9.80 Å². The number of hydrogen-bond donors (Lipinski definition) is 0. The Morgan fingerprint density at radius 2 is 1.76 bits per heavy atom. The smallest absolute Gasteiger partial charge is 0.289 e. The van der Waals surface area contributed by atoms with Gasteiger partial charge in [0.15, 0.2) is 11.2 Å². The Morgan fingerprint density at radius 1 is 1.03 bits per heavy atom. The van der Waals surface area contributed by atoms with Crippen molar-refractivity contribution in [3.8, 4) is 5.75 Å². The Labute approximate surface area is 169 Å². The fourth-order valence-electron chi connectivity index (χ4n) is 3.58. The molecule has 0 spiro atoms. The van der Waals surface area contributed by atoms with Gasteiger partial charge in [0.1, 0.15) is 11.3 Å². The lowest BCUT2D eigenvalue weighted by Crippen LogP contribution is -2.48. The number of benzene rings is 2. The van der Waals surface area contributed by atoms with Gasteiger partial charge in [-0.2, -0.15) is 0 Å². The number of aryl methyl sites for hydroxylation is 1. The molecule has 6 nitrogen and oxygen atoms in total. The maximum Gasteiger partial charge on any atom is 0.289 e. The van der Waals surface area contributed by atoms with Crippen molar-refractivity contribution in [2.24, 2.45) is 0 Å². The van der Waals surface area contributed by atoms with Crippen LogP contribution in [0.5, 0.6) is 5.75 Å². The molecule has 0 radical (unpaired) electrons.